The molecule has 1 heterocycles. The Bertz CT molecular complexity index is 849. The van der Waals surface area contributed by atoms with Gasteiger partial charge < -0.3 is 10.1 Å². The number of carbonyl (C=O) groups excluding carboxylic acids is 1. The van der Waals surface area contributed by atoms with Crippen molar-refractivity contribution in [2.75, 3.05) is 11.9 Å². The first kappa shape index (κ1) is 16.1. The maximum absolute atomic E-state index is 14.0. The Kier molecular flexibility index (Phi) is 4.86. The van der Waals surface area contributed by atoms with Crippen LogP contribution in [0.25, 0.3) is 11.3 Å². The van der Waals surface area contributed by atoms with Crippen molar-refractivity contribution in [1.82, 2.24) is 4.98 Å². The third-order valence-electron chi connectivity index (χ3n) is 3.27. The molecule has 1 amide bonds. The molecule has 3 rings (SSSR count). The lowest BCUT2D eigenvalue weighted by molar-refractivity contribution is 0.102. The number of hydrogen-bond acceptors (Lipinski definition) is 4. The molecule has 3 aromatic rings. The Morgan fingerprint density at radius 3 is 2.75 bits per heavy atom. The van der Waals surface area contributed by atoms with Crippen molar-refractivity contribution >= 4 is 22.9 Å². The fraction of sp³-hybridized carbons (Fsp3) is 0.111. The summed E-state index contributed by atoms with van der Waals surface area (Å²) in [5.74, 6) is -0.562. The van der Waals surface area contributed by atoms with Crippen LogP contribution in [-0.2, 0) is 0 Å². The third kappa shape index (κ3) is 3.60. The topological polar surface area (TPSA) is 51.2 Å². The molecule has 0 atom stereocenters. The van der Waals surface area contributed by atoms with Gasteiger partial charge in [0.05, 0.1) is 18.0 Å². The van der Waals surface area contributed by atoms with Gasteiger partial charge >= 0.3 is 0 Å². The lowest BCUT2D eigenvalue weighted by atomic mass is 10.2. The minimum Gasteiger partial charge on any atom is -0.494 e. The molecule has 4 nitrogen and oxygen atoms in total. The van der Waals surface area contributed by atoms with E-state index in [2.05, 4.69) is 10.3 Å². The number of thiazole rings is 1. The van der Waals surface area contributed by atoms with Gasteiger partial charge in [-0.3, -0.25) is 4.79 Å². The molecule has 0 aliphatic carbocycles. The zero-order chi connectivity index (χ0) is 16.9. The number of aromatic nitrogens is 1. The highest BCUT2D eigenvalue weighted by Gasteiger charge is 2.14. The van der Waals surface area contributed by atoms with Crippen LogP contribution < -0.4 is 10.1 Å². The Balaban J connectivity index is 1.75. The second kappa shape index (κ2) is 7.23. The number of hydrogen-bond donors (Lipinski definition) is 1. The molecule has 1 N–H and O–H groups in total. The van der Waals surface area contributed by atoms with Gasteiger partial charge in [0.15, 0.2) is 5.01 Å². The van der Waals surface area contributed by atoms with Crippen LogP contribution in [-0.4, -0.2) is 17.5 Å². The summed E-state index contributed by atoms with van der Waals surface area (Å²) in [5, 5.41) is 4.62. The summed E-state index contributed by atoms with van der Waals surface area (Å²) in [6.07, 6.45) is 0. The average Bonchev–Trinajstić information content (AvgIpc) is 3.08. The van der Waals surface area contributed by atoms with Gasteiger partial charge in [-0.15, -0.1) is 11.3 Å². The molecule has 0 saturated heterocycles. The zero-order valence-corrected chi connectivity index (χ0v) is 13.8. The van der Waals surface area contributed by atoms with Gasteiger partial charge in [0, 0.05) is 17.0 Å². The summed E-state index contributed by atoms with van der Waals surface area (Å²) in [6.45, 7) is 2.27. The molecule has 0 unspecified atom stereocenters. The molecule has 0 aliphatic heterocycles. The Morgan fingerprint density at radius 2 is 2.04 bits per heavy atom. The van der Waals surface area contributed by atoms with Crippen LogP contribution in [0, 0.1) is 5.82 Å². The fourth-order valence-corrected chi connectivity index (χ4v) is 2.87. The number of rotatable bonds is 5. The van der Waals surface area contributed by atoms with Crippen molar-refractivity contribution in [3.05, 3.63) is 64.7 Å². The normalized spacial score (nSPS) is 10.4. The monoisotopic (exact) mass is 342 g/mol. The first-order valence-electron chi connectivity index (χ1n) is 7.42. The van der Waals surface area contributed by atoms with Crippen LogP contribution in [0.3, 0.4) is 0 Å². The van der Waals surface area contributed by atoms with Crippen molar-refractivity contribution < 1.29 is 13.9 Å². The number of amides is 1. The molecule has 0 fully saturated rings. The first-order chi connectivity index (χ1) is 11.7. The molecule has 24 heavy (non-hydrogen) atoms. The molecule has 0 radical (unpaired) electrons. The number of anilines is 1. The second-order valence-corrected chi connectivity index (χ2v) is 5.79. The molecular weight excluding hydrogens is 327 g/mol. The summed E-state index contributed by atoms with van der Waals surface area (Å²) in [6, 6.07) is 13.9. The van der Waals surface area contributed by atoms with E-state index < -0.39 is 11.7 Å². The van der Waals surface area contributed by atoms with E-state index in [0.717, 1.165) is 11.3 Å². The second-order valence-electron chi connectivity index (χ2n) is 4.93. The lowest BCUT2D eigenvalue weighted by Gasteiger charge is -2.07. The molecule has 1 aromatic heterocycles. The highest BCUT2D eigenvalue weighted by Crippen LogP contribution is 2.24. The van der Waals surface area contributed by atoms with E-state index in [1.807, 2.05) is 37.3 Å². The summed E-state index contributed by atoms with van der Waals surface area (Å²) in [5.41, 5.74) is 1.75. The third-order valence-corrected chi connectivity index (χ3v) is 4.11. The Labute approximate surface area is 142 Å². The molecule has 0 bridgehead atoms. The summed E-state index contributed by atoms with van der Waals surface area (Å²) in [7, 11) is 0. The standard InChI is InChI=1S/C18H15FN2O2S/c1-2-23-13-8-9-15(14(19)10-13)20-17(22)18-21-16(11-24-18)12-6-4-3-5-7-12/h3-11H,2H2,1H3,(H,20,22). The molecule has 6 heteroatoms. The number of benzene rings is 2. The van der Waals surface area contributed by atoms with Gasteiger partial charge in [-0.1, -0.05) is 30.3 Å². The van der Waals surface area contributed by atoms with Gasteiger partial charge in [0.1, 0.15) is 11.6 Å². The number of nitrogens with one attached hydrogen (secondary N) is 1. The van der Waals surface area contributed by atoms with E-state index in [0.29, 0.717) is 12.4 Å². The van der Waals surface area contributed by atoms with Crippen molar-refractivity contribution in [1.29, 1.82) is 0 Å². The summed E-state index contributed by atoms with van der Waals surface area (Å²) in [4.78, 5) is 16.6. The van der Waals surface area contributed by atoms with Gasteiger partial charge in [-0.25, -0.2) is 9.37 Å². The van der Waals surface area contributed by atoms with E-state index in [1.165, 1.54) is 23.5 Å². The number of nitrogens with zero attached hydrogens (tertiary/aromatic N) is 1. The predicted octanol–water partition coefficient (Wildman–Crippen LogP) is 4.60. The highest BCUT2D eigenvalue weighted by atomic mass is 32.1. The molecule has 2 aromatic carbocycles. The highest BCUT2D eigenvalue weighted by molar-refractivity contribution is 7.12. The van der Waals surface area contributed by atoms with Crippen LogP contribution in [0.2, 0.25) is 0 Å². The SMILES string of the molecule is CCOc1ccc(NC(=O)c2nc(-c3ccccc3)cs2)c(F)c1. The summed E-state index contributed by atoms with van der Waals surface area (Å²) >= 11 is 1.22. The van der Waals surface area contributed by atoms with Crippen LogP contribution in [0.4, 0.5) is 10.1 Å². The summed E-state index contributed by atoms with van der Waals surface area (Å²) < 4.78 is 19.2. The zero-order valence-electron chi connectivity index (χ0n) is 13.0. The molecule has 0 aliphatic rings. The maximum Gasteiger partial charge on any atom is 0.284 e. The number of carbonyl (C=O) groups is 1. The number of ether oxygens (including phenoxy) is 1. The minimum atomic E-state index is -0.547. The average molecular weight is 342 g/mol. The first-order valence-corrected chi connectivity index (χ1v) is 8.30. The van der Waals surface area contributed by atoms with Gasteiger partial charge in [-0.05, 0) is 19.1 Å². The van der Waals surface area contributed by atoms with E-state index in [9.17, 15) is 9.18 Å². The minimum absolute atomic E-state index is 0.0971. The largest absolute Gasteiger partial charge is 0.494 e. The van der Waals surface area contributed by atoms with Crippen molar-refractivity contribution in [2.24, 2.45) is 0 Å². The maximum atomic E-state index is 14.0. The van der Waals surface area contributed by atoms with E-state index in [4.69, 9.17) is 4.74 Å². The van der Waals surface area contributed by atoms with E-state index >= 15 is 0 Å². The van der Waals surface area contributed by atoms with E-state index in [1.54, 1.807) is 11.4 Å². The van der Waals surface area contributed by atoms with Crippen LogP contribution in [0.15, 0.2) is 53.9 Å². The molecular formula is C18H15FN2O2S. The quantitative estimate of drug-likeness (QED) is 0.737. The molecule has 0 saturated carbocycles. The van der Waals surface area contributed by atoms with Crippen LogP contribution >= 0.6 is 11.3 Å². The number of halogens is 1. The fourth-order valence-electron chi connectivity index (χ4n) is 2.15. The van der Waals surface area contributed by atoms with Gasteiger partial charge in [-0.2, -0.15) is 0 Å². The van der Waals surface area contributed by atoms with Crippen molar-refractivity contribution in [3.8, 4) is 17.0 Å². The van der Waals surface area contributed by atoms with E-state index in [-0.39, 0.29) is 10.7 Å². The van der Waals surface area contributed by atoms with Crippen molar-refractivity contribution in [3.63, 3.8) is 0 Å². The Hall–Kier alpha value is -2.73. The van der Waals surface area contributed by atoms with Crippen LogP contribution in [0.1, 0.15) is 16.7 Å². The lowest BCUT2D eigenvalue weighted by Crippen LogP contribution is -2.12. The van der Waals surface area contributed by atoms with Gasteiger partial charge in [0.2, 0.25) is 0 Å². The van der Waals surface area contributed by atoms with Gasteiger partial charge in [0.25, 0.3) is 5.91 Å². The predicted molar refractivity (Wildman–Crippen MR) is 93.1 cm³/mol. The smallest absolute Gasteiger partial charge is 0.284 e. The van der Waals surface area contributed by atoms with Crippen LogP contribution in [0.5, 0.6) is 5.75 Å². The van der Waals surface area contributed by atoms with Crippen molar-refractivity contribution in [2.45, 2.75) is 6.92 Å². The molecule has 0 spiro atoms. The molecule has 122 valence electrons. The Morgan fingerprint density at radius 1 is 1.25 bits per heavy atom.